The van der Waals surface area contributed by atoms with E-state index >= 15 is 0 Å². The average molecular weight is 871 g/mol. The molecule has 3 aliphatic rings. The molecule has 0 aromatic carbocycles. The van der Waals surface area contributed by atoms with Crippen LogP contribution in [0.25, 0.3) is 0 Å². The van der Waals surface area contributed by atoms with Crippen LogP contribution in [0.1, 0.15) is 114 Å². The number of nitrogens with zero attached hydrogens (tertiary/aromatic N) is 2. The molecule has 1 saturated heterocycles. The van der Waals surface area contributed by atoms with E-state index in [0.717, 1.165) is 64.2 Å². The number of carbonyl (C=O) groups is 9. The number of thioether (sulfide) groups is 1. The second-order valence-corrected chi connectivity index (χ2v) is 16.8. The number of ether oxygens (including phenoxy) is 1. The summed E-state index contributed by atoms with van der Waals surface area (Å²) in [6.07, 6.45) is 16.6. The van der Waals surface area contributed by atoms with Crippen molar-refractivity contribution in [2.75, 3.05) is 25.7 Å². The van der Waals surface area contributed by atoms with Gasteiger partial charge in [-0.15, -0.1) is 0 Å². The first-order valence-electron chi connectivity index (χ1n) is 21.1. The minimum Gasteiger partial charge on any atom is -0.478 e. The van der Waals surface area contributed by atoms with Crippen molar-refractivity contribution < 1.29 is 53.0 Å². The van der Waals surface area contributed by atoms with Crippen molar-refractivity contribution in [2.24, 2.45) is 23.5 Å². The number of pyridine rings is 1. The van der Waals surface area contributed by atoms with Gasteiger partial charge in [0, 0.05) is 44.2 Å². The van der Waals surface area contributed by atoms with E-state index in [9.17, 15) is 43.2 Å². The summed E-state index contributed by atoms with van der Waals surface area (Å²) in [7, 11) is 1.24. The maximum atomic E-state index is 14.1. The number of allylic oxidation sites excluding steroid dienone is 1. The molecule has 0 radical (unpaired) electrons. The molecule has 3 fully saturated rings. The van der Waals surface area contributed by atoms with E-state index < -0.39 is 71.6 Å². The van der Waals surface area contributed by atoms with Crippen molar-refractivity contribution in [3.05, 3.63) is 42.2 Å². The van der Waals surface area contributed by atoms with Gasteiger partial charge in [-0.3, -0.25) is 38.5 Å². The van der Waals surface area contributed by atoms with E-state index in [-0.39, 0.29) is 67.6 Å². The number of esters is 1. The summed E-state index contributed by atoms with van der Waals surface area (Å²) in [6.45, 7) is 0.929. The van der Waals surface area contributed by atoms with E-state index in [1.165, 1.54) is 61.3 Å². The van der Waals surface area contributed by atoms with Gasteiger partial charge in [0.15, 0.2) is 11.6 Å². The zero-order chi connectivity index (χ0) is 44.9. The van der Waals surface area contributed by atoms with Crippen LogP contribution < -0.4 is 21.7 Å². The van der Waals surface area contributed by atoms with E-state index in [4.69, 9.17) is 10.8 Å². The lowest BCUT2D eigenvalue weighted by molar-refractivity contribution is -0.143. The van der Waals surface area contributed by atoms with Gasteiger partial charge in [-0.1, -0.05) is 44.6 Å². The lowest BCUT2D eigenvalue weighted by Crippen LogP contribution is -2.58. The number of aromatic carboxylic acids is 1. The Morgan fingerprint density at radius 1 is 0.951 bits per heavy atom. The number of amides is 5. The molecule has 0 spiro atoms. The summed E-state index contributed by atoms with van der Waals surface area (Å²) in [6, 6.07) is -1.12. The summed E-state index contributed by atoms with van der Waals surface area (Å²) in [4.78, 5) is 119. The van der Waals surface area contributed by atoms with E-state index in [1.54, 1.807) is 6.07 Å². The van der Waals surface area contributed by atoms with Crippen LogP contribution in [-0.2, 0) is 43.1 Å². The smallest absolute Gasteiger partial charge is 0.337 e. The number of methoxy groups -OCH3 is 1. The quantitative estimate of drug-likeness (QED) is 0.0934. The van der Waals surface area contributed by atoms with Crippen LogP contribution in [0.2, 0.25) is 0 Å². The normalized spacial score (nSPS) is 19.0. The number of ketones is 2. The summed E-state index contributed by atoms with van der Waals surface area (Å²) < 4.78 is 4.57. The van der Waals surface area contributed by atoms with Crippen molar-refractivity contribution in [3.63, 3.8) is 0 Å². The molecule has 6 N–H and O–H groups in total. The molecule has 0 unspecified atom stereocenters. The second kappa shape index (κ2) is 26.3. The molecule has 1 aromatic heterocycles. The Balaban J connectivity index is 0.000000972. The maximum absolute atomic E-state index is 14.1. The molecule has 0 bridgehead atoms. The van der Waals surface area contributed by atoms with Gasteiger partial charge in [-0.05, 0) is 80.9 Å². The van der Waals surface area contributed by atoms with E-state index in [2.05, 4.69) is 25.7 Å². The summed E-state index contributed by atoms with van der Waals surface area (Å²) >= 11 is 1.45. The van der Waals surface area contributed by atoms with Gasteiger partial charge in [-0.2, -0.15) is 11.8 Å². The van der Waals surface area contributed by atoms with Crippen LogP contribution in [0, 0.1) is 17.8 Å². The van der Waals surface area contributed by atoms with Crippen LogP contribution in [0.3, 0.4) is 0 Å². The highest BCUT2D eigenvalue weighted by Crippen LogP contribution is 2.34. The van der Waals surface area contributed by atoms with Crippen molar-refractivity contribution in [1.29, 1.82) is 0 Å². The van der Waals surface area contributed by atoms with Gasteiger partial charge >= 0.3 is 11.9 Å². The number of carbonyl (C=O) groups excluding carboxylic acids is 8. The van der Waals surface area contributed by atoms with Crippen LogP contribution in [0.5, 0.6) is 0 Å². The number of primary amides is 1. The number of aromatic nitrogens is 1. The van der Waals surface area contributed by atoms with Gasteiger partial charge in [0.1, 0.15) is 18.1 Å². The highest BCUT2D eigenvalue weighted by molar-refractivity contribution is 7.98. The molecule has 5 amide bonds. The Morgan fingerprint density at radius 2 is 1.61 bits per heavy atom. The number of nitrogens with two attached hydrogens (primary N) is 1. The Labute approximate surface area is 361 Å². The number of carboxylic acid groups (broad SMARTS) is 1. The predicted molar refractivity (Wildman–Crippen MR) is 227 cm³/mol. The topological polar surface area (TPSA) is 261 Å². The third-order valence-corrected chi connectivity index (χ3v) is 12.0. The third kappa shape index (κ3) is 16.7. The summed E-state index contributed by atoms with van der Waals surface area (Å²) in [5.74, 6) is -5.20. The summed E-state index contributed by atoms with van der Waals surface area (Å²) in [5.41, 5.74) is 6.04. The fourth-order valence-corrected chi connectivity index (χ4v) is 8.67. The monoisotopic (exact) mass is 870 g/mol. The zero-order valence-corrected chi connectivity index (χ0v) is 36.3. The van der Waals surface area contributed by atoms with Crippen molar-refractivity contribution in [3.8, 4) is 0 Å². The minimum absolute atomic E-state index is 0.0217. The number of likely N-dealkylation sites (tertiary alicyclic amines) is 1. The standard InChI is InChI=1S/C37H57N5O9S.C6H5NO2/c1-23(43)39-28(16-10-11-17-32(46)51-2)35(48)40-29(18-19-52-3)37(50)42-22-26(44)20-30(42)36(49)41-33(25-14-8-5-9-15-25)31(45)21-27(34(38)47)24-12-6-4-7-13-24;8-6(9)5-2-1-3-7-4-5/h11,17,24-25,27-30,33H,4-10,12-16,18-22H2,1-3H3,(H2,38,47)(H,39,43)(H,40,48)(H,41,49);1-4H,(H,8,9)/b17-11+;/t27-,28-,29-,30-,33-;/m0./s1. The van der Waals surface area contributed by atoms with Crippen LogP contribution in [-0.4, -0.2) is 118 Å². The molecule has 1 aliphatic heterocycles. The summed E-state index contributed by atoms with van der Waals surface area (Å²) in [5, 5.41) is 16.6. The maximum Gasteiger partial charge on any atom is 0.337 e. The van der Waals surface area contributed by atoms with Gasteiger partial charge < -0.3 is 36.4 Å². The number of hydrogen-bond acceptors (Lipinski definition) is 12. The fourth-order valence-electron chi connectivity index (χ4n) is 8.19. The first-order valence-corrected chi connectivity index (χ1v) is 22.4. The molecule has 1 aromatic rings. The molecule has 2 aliphatic carbocycles. The van der Waals surface area contributed by atoms with Gasteiger partial charge in [0.2, 0.25) is 29.5 Å². The highest BCUT2D eigenvalue weighted by Gasteiger charge is 2.44. The molecular formula is C43H62N6O11S. The average Bonchev–Trinajstić information content (AvgIpc) is 3.66. The van der Waals surface area contributed by atoms with Crippen LogP contribution >= 0.6 is 11.8 Å². The minimum atomic E-state index is -1.19. The number of carboxylic acids is 1. The van der Waals surface area contributed by atoms with Gasteiger partial charge in [0.25, 0.3) is 0 Å². The molecular weight excluding hydrogens is 809 g/mol. The fraction of sp³-hybridized carbons (Fsp3) is 0.628. The molecule has 336 valence electrons. The molecule has 61 heavy (non-hydrogen) atoms. The number of nitrogens with one attached hydrogen (secondary N) is 3. The Bertz CT molecular complexity index is 1710. The zero-order valence-electron chi connectivity index (χ0n) is 35.4. The van der Waals surface area contributed by atoms with Crippen LogP contribution in [0.4, 0.5) is 0 Å². The molecule has 2 heterocycles. The Kier molecular flexibility index (Phi) is 21.6. The lowest BCUT2D eigenvalue weighted by atomic mass is 9.75. The lowest BCUT2D eigenvalue weighted by Gasteiger charge is -2.34. The predicted octanol–water partition coefficient (Wildman–Crippen LogP) is 2.89. The van der Waals surface area contributed by atoms with Gasteiger partial charge in [-0.25, -0.2) is 9.59 Å². The molecule has 18 heteroatoms. The second-order valence-electron chi connectivity index (χ2n) is 15.8. The molecule has 5 atom stereocenters. The first kappa shape index (κ1) is 50.2. The van der Waals surface area contributed by atoms with Gasteiger partial charge in [0.05, 0.1) is 25.3 Å². The largest absolute Gasteiger partial charge is 0.478 e. The van der Waals surface area contributed by atoms with E-state index in [1.807, 2.05) is 6.26 Å². The third-order valence-electron chi connectivity index (χ3n) is 11.4. The number of Topliss-reactive ketones (excluding diaryl/α,β-unsaturated/α-hetero) is 2. The molecule has 2 saturated carbocycles. The van der Waals surface area contributed by atoms with Crippen molar-refractivity contribution >= 4 is 64.8 Å². The molecule has 4 rings (SSSR count). The molecule has 17 nitrogen and oxygen atoms in total. The SMILES string of the molecule is COC(=O)/C=C/CC[C@H](NC(C)=O)C(=O)N[C@@H](CCSC)C(=O)N1CC(=O)C[C@H]1C(=O)N[C@H](C(=O)C[C@H](C(N)=O)C1CCCCC1)C1CCCCC1.O=C(O)c1cccnc1. The first-order chi connectivity index (χ1) is 29.2. The highest BCUT2D eigenvalue weighted by atomic mass is 32.2. The number of hydrogen-bond donors (Lipinski definition) is 5. The van der Waals surface area contributed by atoms with E-state index in [0.29, 0.717) is 5.75 Å². The van der Waals surface area contributed by atoms with Crippen LogP contribution in [0.15, 0.2) is 36.7 Å². The van der Waals surface area contributed by atoms with Crippen molar-refractivity contribution in [2.45, 2.75) is 127 Å². The Hall–Kier alpha value is -5.13. The number of rotatable bonds is 20. The Morgan fingerprint density at radius 3 is 2.15 bits per heavy atom. The van der Waals surface area contributed by atoms with Crippen molar-refractivity contribution in [1.82, 2.24) is 25.8 Å².